The van der Waals surface area contributed by atoms with Crippen LogP contribution in [0.25, 0.3) is 0 Å². The highest BCUT2D eigenvalue weighted by Crippen LogP contribution is 2.29. The van der Waals surface area contributed by atoms with Crippen molar-refractivity contribution in [2.24, 2.45) is 0 Å². The topological polar surface area (TPSA) is 82.1 Å². The summed E-state index contributed by atoms with van der Waals surface area (Å²) in [4.78, 5) is 12.0. The second-order valence-electron chi connectivity index (χ2n) is 6.25. The van der Waals surface area contributed by atoms with E-state index < -0.39 is 12.2 Å². The van der Waals surface area contributed by atoms with Crippen molar-refractivity contribution < 1.29 is 24.5 Å². The molecule has 138 valence electrons. The molecule has 0 saturated carbocycles. The van der Waals surface area contributed by atoms with Crippen molar-refractivity contribution in [1.29, 1.82) is 0 Å². The van der Waals surface area contributed by atoms with Crippen molar-refractivity contribution in [2.45, 2.75) is 18.4 Å². The number of likely N-dealkylation sites (tertiary alicyclic amines) is 1. The summed E-state index contributed by atoms with van der Waals surface area (Å²) in [6.45, 7) is 1.34. The molecular weight excluding hydrogens is 334 g/mol. The molecule has 1 aliphatic heterocycles. The molecule has 6 nitrogen and oxygen atoms in total. The smallest absolute Gasteiger partial charge is 0.137 e. The van der Waals surface area contributed by atoms with Gasteiger partial charge in [0.2, 0.25) is 0 Å². The van der Waals surface area contributed by atoms with Crippen LogP contribution in [0, 0.1) is 0 Å². The van der Waals surface area contributed by atoms with E-state index in [2.05, 4.69) is 0 Å². The minimum absolute atomic E-state index is 0.0823. The highest BCUT2D eigenvalue weighted by atomic mass is 16.5. The number of hydrogen-bond acceptors (Lipinski definition) is 5. The molecule has 1 amide bonds. The molecular formula is C20H22NO5-. The van der Waals surface area contributed by atoms with Gasteiger partial charge in [0, 0.05) is 19.0 Å². The minimum atomic E-state index is -1.23. The van der Waals surface area contributed by atoms with Gasteiger partial charge in [-0.1, -0.05) is 30.3 Å². The monoisotopic (exact) mass is 356 g/mol. The van der Waals surface area contributed by atoms with Gasteiger partial charge in [0.15, 0.2) is 0 Å². The molecule has 1 fully saturated rings. The van der Waals surface area contributed by atoms with Crippen LogP contribution in [0.5, 0.6) is 11.5 Å². The molecule has 2 atom stereocenters. The van der Waals surface area contributed by atoms with Gasteiger partial charge < -0.3 is 29.4 Å². The zero-order valence-corrected chi connectivity index (χ0v) is 14.4. The number of nitrogens with zero attached hydrogens (tertiary/aromatic N) is 1. The quantitative estimate of drug-likeness (QED) is 0.796. The predicted octanol–water partition coefficient (Wildman–Crippen LogP) is 1.64. The van der Waals surface area contributed by atoms with Crippen molar-refractivity contribution in [3.63, 3.8) is 0 Å². The van der Waals surface area contributed by atoms with Crippen LogP contribution < -0.4 is 14.6 Å². The maximum Gasteiger partial charge on any atom is 0.137 e. The molecule has 1 heterocycles. The zero-order valence-electron chi connectivity index (χ0n) is 14.4. The van der Waals surface area contributed by atoms with Crippen LogP contribution in [-0.2, 0) is 0 Å². The lowest BCUT2D eigenvalue weighted by Crippen LogP contribution is -2.50. The zero-order chi connectivity index (χ0) is 18.4. The van der Waals surface area contributed by atoms with E-state index in [0.29, 0.717) is 26.2 Å². The Kier molecular flexibility index (Phi) is 5.96. The first-order chi connectivity index (χ1) is 12.6. The third-order valence-electron chi connectivity index (χ3n) is 4.51. The first-order valence-electron chi connectivity index (χ1n) is 8.68. The minimum Gasteiger partial charge on any atom is -0.530 e. The predicted molar refractivity (Wildman–Crippen MR) is 94.2 cm³/mol. The lowest BCUT2D eigenvalue weighted by atomic mass is 9.87. The first kappa shape index (κ1) is 18.1. The molecule has 0 bridgehead atoms. The molecule has 2 aromatic rings. The van der Waals surface area contributed by atoms with Crippen molar-refractivity contribution in [3.8, 4) is 11.5 Å². The van der Waals surface area contributed by atoms with E-state index >= 15 is 0 Å². The number of benzene rings is 2. The molecule has 1 N–H and O–H groups in total. The van der Waals surface area contributed by atoms with E-state index in [1.54, 1.807) is 0 Å². The molecule has 2 unspecified atom stereocenters. The largest absolute Gasteiger partial charge is 0.530 e. The Morgan fingerprint density at radius 3 is 2.23 bits per heavy atom. The number of ether oxygens (including phenoxy) is 2. The molecule has 3 rings (SSSR count). The average Bonchev–Trinajstić information content (AvgIpc) is 2.66. The maximum atomic E-state index is 10.9. The third kappa shape index (κ3) is 4.67. The van der Waals surface area contributed by atoms with E-state index in [-0.39, 0.29) is 12.5 Å². The summed E-state index contributed by atoms with van der Waals surface area (Å²) in [5.74, 6) is 1.46. The number of amides is 1. The molecule has 0 spiro atoms. The van der Waals surface area contributed by atoms with Gasteiger partial charge in [-0.05, 0) is 36.2 Å². The van der Waals surface area contributed by atoms with Gasteiger partial charge in [0.1, 0.15) is 30.8 Å². The summed E-state index contributed by atoms with van der Waals surface area (Å²) in [7, 11) is 0. The fourth-order valence-corrected chi connectivity index (χ4v) is 3.13. The number of carboxylic acid groups (broad SMARTS) is 1. The van der Waals surface area contributed by atoms with Crippen molar-refractivity contribution in [3.05, 3.63) is 60.2 Å². The number of carbonyl (C=O) groups is 1. The molecule has 0 radical (unpaired) electrons. The summed E-state index contributed by atoms with van der Waals surface area (Å²) < 4.78 is 11.2. The molecule has 1 saturated heterocycles. The molecule has 0 aliphatic carbocycles. The number of hydrogen-bond donors (Lipinski definition) is 1. The van der Waals surface area contributed by atoms with Crippen molar-refractivity contribution in [2.75, 3.05) is 26.3 Å². The Bertz CT molecular complexity index is 704. The summed E-state index contributed by atoms with van der Waals surface area (Å²) in [6.07, 6.45) is -1.39. The normalized spacial score (nSPS) is 19.8. The van der Waals surface area contributed by atoms with Crippen LogP contribution in [0.3, 0.4) is 0 Å². The van der Waals surface area contributed by atoms with E-state index in [0.717, 1.165) is 22.0 Å². The number of piperidine rings is 1. The van der Waals surface area contributed by atoms with Gasteiger partial charge in [-0.3, -0.25) is 0 Å². The number of β-amino-alcohol motifs (C(OH)–C–C–N with tert-alkyl or cyclic N) is 1. The number of aliphatic hydroxyl groups is 1. The number of para-hydroxylation sites is 1. The van der Waals surface area contributed by atoms with Crippen molar-refractivity contribution in [1.82, 2.24) is 4.90 Å². The fourth-order valence-electron chi connectivity index (χ4n) is 3.13. The average molecular weight is 356 g/mol. The number of aliphatic hydroxyl groups excluding tert-OH is 1. The van der Waals surface area contributed by atoms with Gasteiger partial charge in [-0.2, -0.15) is 0 Å². The first-order valence-corrected chi connectivity index (χ1v) is 8.68. The second-order valence-corrected chi connectivity index (χ2v) is 6.25. The number of rotatable bonds is 6. The number of carbonyl (C=O) groups excluding carboxylic acids is 1. The summed E-state index contributed by atoms with van der Waals surface area (Å²) in [5, 5.41) is 21.1. The van der Waals surface area contributed by atoms with E-state index in [4.69, 9.17) is 9.47 Å². The van der Waals surface area contributed by atoms with E-state index in [1.165, 1.54) is 0 Å². The second kappa shape index (κ2) is 8.58. The Balaban J connectivity index is 1.47. The van der Waals surface area contributed by atoms with Crippen molar-refractivity contribution >= 4 is 6.09 Å². The van der Waals surface area contributed by atoms with Crippen LogP contribution in [0.4, 0.5) is 4.79 Å². The fraction of sp³-hybridized carbons (Fsp3) is 0.350. The van der Waals surface area contributed by atoms with Crippen LogP contribution >= 0.6 is 0 Å². The summed E-state index contributed by atoms with van der Waals surface area (Å²) >= 11 is 0. The Hall–Kier alpha value is -2.73. The van der Waals surface area contributed by atoms with Crippen LogP contribution in [0.1, 0.15) is 17.9 Å². The van der Waals surface area contributed by atoms with Gasteiger partial charge in [-0.25, -0.2) is 0 Å². The van der Waals surface area contributed by atoms with Crippen LogP contribution in [0.2, 0.25) is 0 Å². The van der Waals surface area contributed by atoms with Crippen LogP contribution in [0.15, 0.2) is 54.6 Å². The van der Waals surface area contributed by atoms with E-state index in [9.17, 15) is 15.0 Å². The summed E-state index contributed by atoms with van der Waals surface area (Å²) in [5.41, 5.74) is 0.975. The lowest BCUT2D eigenvalue weighted by Gasteiger charge is -2.37. The molecule has 0 aromatic heterocycles. The SMILES string of the molecule is O=C([O-])N1CCC(c2ccc(OCCOc3ccccc3)cc2)C(O)C1. The highest BCUT2D eigenvalue weighted by Gasteiger charge is 2.28. The molecule has 26 heavy (non-hydrogen) atoms. The molecule has 1 aliphatic rings. The highest BCUT2D eigenvalue weighted by molar-refractivity contribution is 5.62. The standard InChI is InChI=1S/C20H23NO5/c22-19-14-21(20(23)24)11-10-18(19)15-6-8-17(9-7-15)26-13-12-25-16-4-2-1-3-5-16/h1-9,18-19,22H,10-14H2,(H,23,24)/p-1. The van der Waals surface area contributed by atoms with Gasteiger partial charge in [0.05, 0.1) is 6.10 Å². The van der Waals surface area contributed by atoms with Crippen LogP contribution in [-0.4, -0.2) is 48.5 Å². The molecule has 6 heteroatoms. The van der Waals surface area contributed by atoms with E-state index in [1.807, 2.05) is 54.6 Å². The lowest BCUT2D eigenvalue weighted by molar-refractivity contribution is -0.268. The van der Waals surface area contributed by atoms with Gasteiger partial charge >= 0.3 is 0 Å². The maximum absolute atomic E-state index is 10.9. The van der Waals surface area contributed by atoms with Gasteiger partial charge in [-0.15, -0.1) is 0 Å². The Morgan fingerprint density at radius 2 is 1.65 bits per heavy atom. The Labute approximate surface area is 152 Å². The molecule has 2 aromatic carbocycles. The Morgan fingerprint density at radius 1 is 1.04 bits per heavy atom. The third-order valence-corrected chi connectivity index (χ3v) is 4.51. The van der Waals surface area contributed by atoms with Gasteiger partial charge in [0.25, 0.3) is 0 Å². The summed E-state index contributed by atoms with van der Waals surface area (Å²) in [6, 6.07) is 17.1.